The molecule has 8 heteroatoms. The summed E-state index contributed by atoms with van der Waals surface area (Å²) >= 11 is 0. The van der Waals surface area contributed by atoms with E-state index in [0.29, 0.717) is 5.65 Å². The molecule has 2 aromatic rings. The van der Waals surface area contributed by atoms with E-state index in [1.807, 2.05) is 14.0 Å². The second-order valence-electron chi connectivity index (χ2n) is 7.00. The molecule has 3 heterocycles. The van der Waals surface area contributed by atoms with Gasteiger partial charge in [-0.3, -0.25) is 4.68 Å². The fourth-order valence-electron chi connectivity index (χ4n) is 4.26. The summed E-state index contributed by atoms with van der Waals surface area (Å²) in [5.41, 5.74) is 1.42. The van der Waals surface area contributed by atoms with E-state index in [1.54, 1.807) is 10.7 Å². The summed E-state index contributed by atoms with van der Waals surface area (Å²) in [4.78, 5) is 4.51. The molecular weight excluding hydrogens is 326 g/mol. The zero-order chi connectivity index (χ0) is 16.9. The second kappa shape index (κ2) is 5.50. The summed E-state index contributed by atoms with van der Waals surface area (Å²) in [5, 5.41) is 8.62. The topological polar surface area (TPSA) is 88.9 Å². The molecule has 2 fully saturated rings. The van der Waals surface area contributed by atoms with Gasteiger partial charge < -0.3 is 5.32 Å². The number of nitrogens with zero attached hydrogens (tertiary/aromatic N) is 3. The Labute approximate surface area is 141 Å². The number of fused-ring (bicyclic) bond motifs is 1. The van der Waals surface area contributed by atoms with Gasteiger partial charge in [0, 0.05) is 30.2 Å². The van der Waals surface area contributed by atoms with Crippen LogP contribution in [0.5, 0.6) is 0 Å². The summed E-state index contributed by atoms with van der Waals surface area (Å²) in [7, 11) is -1.79. The smallest absolute Gasteiger partial charge is 0.242 e. The van der Waals surface area contributed by atoms with Crippen LogP contribution < -0.4 is 10.0 Å². The Morgan fingerprint density at radius 2 is 2.12 bits per heavy atom. The molecule has 2 aliphatic rings. The third-order valence-electron chi connectivity index (χ3n) is 5.52. The van der Waals surface area contributed by atoms with Crippen molar-refractivity contribution >= 4 is 21.1 Å². The molecule has 0 amide bonds. The molecule has 1 aliphatic carbocycles. The van der Waals surface area contributed by atoms with Gasteiger partial charge in [0.1, 0.15) is 4.90 Å². The van der Waals surface area contributed by atoms with Gasteiger partial charge in [-0.1, -0.05) is 12.8 Å². The molecule has 1 atom stereocenters. The number of hydrogen-bond acceptors (Lipinski definition) is 5. The minimum atomic E-state index is -3.60. The van der Waals surface area contributed by atoms with Crippen LogP contribution in [-0.4, -0.2) is 41.3 Å². The second-order valence-corrected chi connectivity index (χ2v) is 8.72. The summed E-state index contributed by atoms with van der Waals surface area (Å²) < 4.78 is 30.4. The quantitative estimate of drug-likeness (QED) is 0.870. The lowest BCUT2D eigenvalue weighted by molar-refractivity contribution is 0.329. The summed E-state index contributed by atoms with van der Waals surface area (Å²) in [5.74, 6) is 0. The molecular formula is C16H23N5O2S. The summed E-state index contributed by atoms with van der Waals surface area (Å²) in [6.07, 6.45) is 6.66. The third-order valence-corrected chi connectivity index (χ3v) is 6.96. The predicted octanol–water partition coefficient (Wildman–Crippen LogP) is 1.23. The highest BCUT2D eigenvalue weighted by Gasteiger charge is 2.46. The summed E-state index contributed by atoms with van der Waals surface area (Å²) in [6.45, 7) is 2.73. The van der Waals surface area contributed by atoms with Crippen LogP contribution in [0.3, 0.4) is 0 Å². The normalized spacial score (nSPS) is 23.5. The van der Waals surface area contributed by atoms with Gasteiger partial charge in [0.2, 0.25) is 10.0 Å². The van der Waals surface area contributed by atoms with Gasteiger partial charge in [-0.25, -0.2) is 18.1 Å². The Balaban J connectivity index is 1.66. The molecule has 2 N–H and O–H groups in total. The number of nitrogens with one attached hydrogen (secondary N) is 2. The van der Waals surface area contributed by atoms with Crippen LogP contribution in [0.2, 0.25) is 0 Å². The molecule has 4 rings (SSSR count). The van der Waals surface area contributed by atoms with Crippen molar-refractivity contribution in [3.63, 3.8) is 0 Å². The Morgan fingerprint density at radius 3 is 2.88 bits per heavy atom. The van der Waals surface area contributed by atoms with Crippen molar-refractivity contribution in [2.24, 2.45) is 7.05 Å². The van der Waals surface area contributed by atoms with Crippen molar-refractivity contribution in [3.8, 4) is 0 Å². The molecule has 2 aromatic heterocycles. The first-order valence-corrected chi connectivity index (χ1v) is 9.96. The zero-order valence-electron chi connectivity index (χ0n) is 14.0. The number of aromatic nitrogens is 3. The highest BCUT2D eigenvalue weighted by atomic mass is 32.2. The molecule has 1 spiro atoms. The first kappa shape index (κ1) is 16.0. The van der Waals surface area contributed by atoms with E-state index in [1.165, 1.54) is 6.20 Å². The maximum absolute atomic E-state index is 12.9. The number of rotatable bonds is 3. The number of aryl methyl sites for hydroxylation is 2. The van der Waals surface area contributed by atoms with Crippen molar-refractivity contribution < 1.29 is 8.42 Å². The van der Waals surface area contributed by atoms with Crippen LogP contribution in [0.1, 0.15) is 37.8 Å². The molecule has 1 saturated carbocycles. The van der Waals surface area contributed by atoms with E-state index in [0.717, 1.165) is 49.7 Å². The van der Waals surface area contributed by atoms with Crippen molar-refractivity contribution in [2.45, 2.75) is 55.5 Å². The standard InChI is InChI=1S/C16H23N5O2S/c1-11-13-9-12(10-17-15(13)21(2)19-11)24(22,23)20-14-5-8-18-16(14)6-3-4-7-16/h9-10,14,18,20H,3-8H2,1-2H3/t14-/m0/s1. The Morgan fingerprint density at radius 1 is 1.38 bits per heavy atom. The van der Waals surface area contributed by atoms with Gasteiger partial charge in [-0.15, -0.1) is 0 Å². The van der Waals surface area contributed by atoms with Gasteiger partial charge in [0.25, 0.3) is 0 Å². The summed E-state index contributed by atoms with van der Waals surface area (Å²) in [6, 6.07) is 1.63. The van der Waals surface area contributed by atoms with Crippen LogP contribution in [-0.2, 0) is 17.1 Å². The average Bonchev–Trinajstić information content (AvgIpc) is 3.23. The SMILES string of the molecule is Cc1nn(C)c2ncc(S(=O)(=O)N[C@H]3CCNC34CCCC4)cc12. The van der Waals surface area contributed by atoms with E-state index in [2.05, 4.69) is 20.1 Å². The number of sulfonamides is 1. The molecule has 0 radical (unpaired) electrons. The maximum Gasteiger partial charge on any atom is 0.242 e. The van der Waals surface area contributed by atoms with Gasteiger partial charge in [-0.05, 0) is 38.8 Å². The van der Waals surface area contributed by atoms with Crippen molar-refractivity contribution in [2.75, 3.05) is 6.54 Å². The first-order chi connectivity index (χ1) is 11.4. The van der Waals surface area contributed by atoms with Crippen molar-refractivity contribution in [3.05, 3.63) is 18.0 Å². The van der Waals surface area contributed by atoms with Gasteiger partial charge in [0.15, 0.2) is 5.65 Å². The molecule has 0 bridgehead atoms. The Kier molecular flexibility index (Phi) is 3.67. The molecule has 1 aliphatic heterocycles. The van der Waals surface area contributed by atoms with E-state index >= 15 is 0 Å². The molecule has 0 aromatic carbocycles. The Bertz CT molecular complexity index is 878. The highest BCUT2D eigenvalue weighted by molar-refractivity contribution is 7.89. The van der Waals surface area contributed by atoms with Crippen LogP contribution in [0.15, 0.2) is 17.2 Å². The van der Waals surface area contributed by atoms with Crippen molar-refractivity contribution in [1.82, 2.24) is 24.8 Å². The lowest BCUT2D eigenvalue weighted by Crippen LogP contribution is -2.53. The van der Waals surface area contributed by atoms with Crippen LogP contribution in [0.4, 0.5) is 0 Å². The van der Waals surface area contributed by atoms with Crippen LogP contribution in [0.25, 0.3) is 11.0 Å². The Hall–Kier alpha value is -1.51. The van der Waals surface area contributed by atoms with Crippen LogP contribution >= 0.6 is 0 Å². The minimum absolute atomic E-state index is 0.0457. The largest absolute Gasteiger partial charge is 0.310 e. The maximum atomic E-state index is 12.9. The number of hydrogen-bond donors (Lipinski definition) is 2. The van der Waals surface area contributed by atoms with E-state index < -0.39 is 10.0 Å². The fourth-order valence-corrected chi connectivity index (χ4v) is 5.58. The molecule has 130 valence electrons. The zero-order valence-corrected chi connectivity index (χ0v) is 14.9. The lowest BCUT2D eigenvalue weighted by Gasteiger charge is -2.31. The molecule has 24 heavy (non-hydrogen) atoms. The monoisotopic (exact) mass is 349 g/mol. The fraction of sp³-hybridized carbons (Fsp3) is 0.625. The molecule has 1 saturated heterocycles. The third kappa shape index (κ3) is 2.44. The van der Waals surface area contributed by atoms with Gasteiger partial charge in [0.05, 0.1) is 5.69 Å². The molecule has 7 nitrogen and oxygen atoms in total. The van der Waals surface area contributed by atoms with Gasteiger partial charge >= 0.3 is 0 Å². The minimum Gasteiger partial charge on any atom is -0.310 e. The average molecular weight is 349 g/mol. The van der Waals surface area contributed by atoms with E-state index in [9.17, 15) is 8.42 Å². The number of pyridine rings is 1. The molecule has 0 unspecified atom stereocenters. The van der Waals surface area contributed by atoms with E-state index in [-0.39, 0.29) is 16.5 Å². The predicted molar refractivity (Wildman–Crippen MR) is 91.2 cm³/mol. The first-order valence-electron chi connectivity index (χ1n) is 8.48. The van der Waals surface area contributed by atoms with Crippen LogP contribution in [0, 0.1) is 6.92 Å². The lowest BCUT2D eigenvalue weighted by atomic mass is 9.91. The van der Waals surface area contributed by atoms with Gasteiger partial charge in [-0.2, -0.15) is 5.10 Å². The highest BCUT2D eigenvalue weighted by Crippen LogP contribution is 2.37. The van der Waals surface area contributed by atoms with Crippen molar-refractivity contribution in [1.29, 1.82) is 0 Å². The van der Waals surface area contributed by atoms with E-state index in [4.69, 9.17) is 0 Å².